The number of carbonyl (C=O) groups is 1. The summed E-state index contributed by atoms with van der Waals surface area (Å²) in [5, 5.41) is 3.94. The standard InChI is InChI=1S/C20H23N3O6S/c1-27-17-10-15(11-18(13-17)28-2)14-21-22-20(24)16-4-3-5-19(12-16)30(25,26)23-6-8-29-9-7-23/h3-5,10-14H,6-9H2,1-2H3,(H,22,24). The Morgan fingerprint density at radius 3 is 2.40 bits per heavy atom. The molecule has 1 amide bonds. The van der Waals surface area contributed by atoms with Crippen molar-refractivity contribution in [2.24, 2.45) is 5.10 Å². The number of benzene rings is 2. The molecular weight excluding hydrogens is 410 g/mol. The number of ether oxygens (including phenoxy) is 3. The summed E-state index contributed by atoms with van der Waals surface area (Å²) in [6, 6.07) is 11.0. The first kappa shape index (κ1) is 21.8. The van der Waals surface area contributed by atoms with Crippen LogP contribution in [0.3, 0.4) is 0 Å². The third kappa shape index (κ3) is 5.15. The first-order valence-electron chi connectivity index (χ1n) is 9.18. The second-order valence-electron chi connectivity index (χ2n) is 6.39. The van der Waals surface area contributed by atoms with Crippen molar-refractivity contribution in [3.63, 3.8) is 0 Å². The van der Waals surface area contributed by atoms with Crippen LogP contribution in [0.4, 0.5) is 0 Å². The lowest BCUT2D eigenvalue weighted by Crippen LogP contribution is -2.40. The molecule has 0 aliphatic carbocycles. The maximum atomic E-state index is 12.8. The summed E-state index contributed by atoms with van der Waals surface area (Å²) >= 11 is 0. The molecule has 1 N–H and O–H groups in total. The van der Waals surface area contributed by atoms with Crippen LogP contribution in [0.5, 0.6) is 11.5 Å². The maximum absolute atomic E-state index is 12.8. The number of nitrogens with one attached hydrogen (secondary N) is 1. The fourth-order valence-corrected chi connectivity index (χ4v) is 4.32. The highest BCUT2D eigenvalue weighted by atomic mass is 32.2. The maximum Gasteiger partial charge on any atom is 0.271 e. The van der Waals surface area contributed by atoms with E-state index in [2.05, 4.69) is 10.5 Å². The molecule has 1 aliphatic heterocycles. The lowest BCUT2D eigenvalue weighted by Gasteiger charge is -2.26. The number of sulfonamides is 1. The van der Waals surface area contributed by atoms with E-state index in [1.165, 1.54) is 49.0 Å². The molecule has 2 aromatic rings. The molecule has 0 atom stereocenters. The molecular formula is C20H23N3O6S. The topological polar surface area (TPSA) is 107 Å². The van der Waals surface area contributed by atoms with Crippen LogP contribution in [0.2, 0.25) is 0 Å². The zero-order valence-electron chi connectivity index (χ0n) is 16.7. The Balaban J connectivity index is 1.72. The number of hydrogen-bond donors (Lipinski definition) is 1. The Bertz CT molecular complexity index is 1010. The van der Waals surface area contributed by atoms with E-state index in [9.17, 15) is 13.2 Å². The van der Waals surface area contributed by atoms with Crippen molar-refractivity contribution in [2.75, 3.05) is 40.5 Å². The number of carbonyl (C=O) groups excluding carboxylic acids is 1. The molecule has 2 aromatic carbocycles. The van der Waals surface area contributed by atoms with E-state index in [1.807, 2.05) is 0 Å². The van der Waals surface area contributed by atoms with Crippen LogP contribution in [0.1, 0.15) is 15.9 Å². The zero-order valence-corrected chi connectivity index (χ0v) is 17.5. The van der Waals surface area contributed by atoms with E-state index < -0.39 is 15.9 Å². The van der Waals surface area contributed by atoms with Gasteiger partial charge in [-0.25, -0.2) is 13.8 Å². The SMILES string of the molecule is COc1cc(C=NNC(=O)c2cccc(S(=O)(=O)N3CCOCC3)c2)cc(OC)c1. The molecule has 0 unspecified atom stereocenters. The molecule has 0 spiro atoms. The van der Waals surface area contributed by atoms with E-state index >= 15 is 0 Å². The van der Waals surface area contributed by atoms with Crippen molar-refractivity contribution in [2.45, 2.75) is 4.90 Å². The molecule has 10 heteroatoms. The van der Waals surface area contributed by atoms with E-state index in [0.717, 1.165) is 0 Å². The highest BCUT2D eigenvalue weighted by Gasteiger charge is 2.26. The number of amides is 1. The molecule has 0 aromatic heterocycles. The molecule has 9 nitrogen and oxygen atoms in total. The molecule has 1 aliphatic rings. The fourth-order valence-electron chi connectivity index (χ4n) is 2.87. The minimum Gasteiger partial charge on any atom is -0.497 e. The first-order valence-corrected chi connectivity index (χ1v) is 10.6. The minimum absolute atomic E-state index is 0.0542. The minimum atomic E-state index is -3.69. The van der Waals surface area contributed by atoms with Crippen LogP contribution in [-0.2, 0) is 14.8 Å². The smallest absolute Gasteiger partial charge is 0.271 e. The van der Waals surface area contributed by atoms with Gasteiger partial charge < -0.3 is 14.2 Å². The molecule has 0 bridgehead atoms. The Kier molecular flexibility index (Phi) is 7.03. The van der Waals surface area contributed by atoms with Gasteiger partial charge in [-0.1, -0.05) is 6.07 Å². The van der Waals surface area contributed by atoms with Crippen LogP contribution < -0.4 is 14.9 Å². The van der Waals surface area contributed by atoms with Crippen molar-refractivity contribution in [3.8, 4) is 11.5 Å². The summed E-state index contributed by atoms with van der Waals surface area (Å²) in [6.07, 6.45) is 1.44. The number of hydrazone groups is 1. The second kappa shape index (κ2) is 9.70. The van der Waals surface area contributed by atoms with Crippen LogP contribution in [0.15, 0.2) is 52.5 Å². The van der Waals surface area contributed by atoms with Gasteiger partial charge in [0.2, 0.25) is 10.0 Å². The van der Waals surface area contributed by atoms with Gasteiger partial charge in [0.1, 0.15) is 11.5 Å². The van der Waals surface area contributed by atoms with Crippen LogP contribution in [0.25, 0.3) is 0 Å². The van der Waals surface area contributed by atoms with Gasteiger partial charge in [-0.2, -0.15) is 9.41 Å². The Morgan fingerprint density at radius 1 is 1.10 bits per heavy atom. The Hall–Kier alpha value is -2.95. The third-order valence-corrected chi connectivity index (χ3v) is 6.35. The van der Waals surface area contributed by atoms with Gasteiger partial charge in [0.25, 0.3) is 5.91 Å². The molecule has 1 saturated heterocycles. The molecule has 1 heterocycles. The Labute approximate surface area is 175 Å². The summed E-state index contributed by atoms with van der Waals surface area (Å²) < 4.78 is 42.5. The summed E-state index contributed by atoms with van der Waals surface area (Å²) in [5.41, 5.74) is 3.25. The Morgan fingerprint density at radius 2 is 1.77 bits per heavy atom. The number of methoxy groups -OCH3 is 2. The highest BCUT2D eigenvalue weighted by Crippen LogP contribution is 2.21. The molecule has 3 rings (SSSR count). The summed E-state index contributed by atoms with van der Waals surface area (Å²) in [4.78, 5) is 12.5. The van der Waals surface area contributed by atoms with Gasteiger partial charge in [-0.3, -0.25) is 4.79 Å². The van der Waals surface area contributed by atoms with Crippen molar-refractivity contribution in [1.82, 2.24) is 9.73 Å². The summed E-state index contributed by atoms with van der Waals surface area (Å²) in [5.74, 6) is 0.645. The van der Waals surface area contributed by atoms with Crippen molar-refractivity contribution < 1.29 is 27.4 Å². The average molecular weight is 433 g/mol. The van der Waals surface area contributed by atoms with Gasteiger partial charge >= 0.3 is 0 Å². The second-order valence-corrected chi connectivity index (χ2v) is 8.33. The number of morpholine rings is 1. The van der Waals surface area contributed by atoms with Crippen LogP contribution in [0, 0.1) is 0 Å². The third-order valence-electron chi connectivity index (χ3n) is 4.46. The summed E-state index contributed by atoms with van der Waals surface area (Å²) in [7, 11) is -0.616. The highest BCUT2D eigenvalue weighted by molar-refractivity contribution is 7.89. The van der Waals surface area contributed by atoms with E-state index in [0.29, 0.717) is 30.3 Å². The number of hydrogen-bond acceptors (Lipinski definition) is 7. The van der Waals surface area contributed by atoms with Crippen LogP contribution >= 0.6 is 0 Å². The number of nitrogens with zero attached hydrogens (tertiary/aromatic N) is 2. The largest absolute Gasteiger partial charge is 0.497 e. The molecule has 160 valence electrons. The van der Waals surface area contributed by atoms with Crippen LogP contribution in [-0.4, -0.2) is 65.4 Å². The monoisotopic (exact) mass is 433 g/mol. The molecule has 0 saturated carbocycles. The van der Waals surface area contributed by atoms with Crippen molar-refractivity contribution in [1.29, 1.82) is 0 Å². The van der Waals surface area contributed by atoms with Gasteiger partial charge in [0.15, 0.2) is 0 Å². The molecule has 30 heavy (non-hydrogen) atoms. The fraction of sp³-hybridized carbons (Fsp3) is 0.300. The van der Waals surface area contributed by atoms with Gasteiger partial charge in [-0.15, -0.1) is 0 Å². The lowest BCUT2D eigenvalue weighted by atomic mass is 10.2. The van der Waals surface area contributed by atoms with Gasteiger partial charge in [0, 0.05) is 30.3 Å². The first-order chi connectivity index (χ1) is 14.4. The molecule has 1 fully saturated rings. The van der Waals surface area contributed by atoms with Crippen molar-refractivity contribution >= 4 is 22.1 Å². The van der Waals surface area contributed by atoms with E-state index in [4.69, 9.17) is 14.2 Å². The quantitative estimate of drug-likeness (QED) is 0.524. The predicted octanol–water partition coefficient (Wildman–Crippen LogP) is 1.49. The summed E-state index contributed by atoms with van der Waals surface area (Å²) in [6.45, 7) is 1.27. The van der Waals surface area contributed by atoms with E-state index in [-0.39, 0.29) is 23.5 Å². The van der Waals surface area contributed by atoms with E-state index in [1.54, 1.807) is 18.2 Å². The average Bonchev–Trinajstić information content (AvgIpc) is 2.79. The predicted molar refractivity (Wildman–Crippen MR) is 111 cm³/mol. The molecule has 0 radical (unpaired) electrons. The number of rotatable bonds is 7. The lowest BCUT2D eigenvalue weighted by molar-refractivity contribution is 0.0730. The van der Waals surface area contributed by atoms with Gasteiger partial charge in [-0.05, 0) is 30.3 Å². The normalized spacial score (nSPS) is 15.1. The van der Waals surface area contributed by atoms with Crippen molar-refractivity contribution in [3.05, 3.63) is 53.6 Å². The van der Waals surface area contributed by atoms with Gasteiger partial charge in [0.05, 0.1) is 38.5 Å². The zero-order chi connectivity index (χ0) is 21.6.